The summed E-state index contributed by atoms with van der Waals surface area (Å²) in [4.78, 5) is 21.1. The summed E-state index contributed by atoms with van der Waals surface area (Å²) in [5, 5.41) is 15.3. The average Bonchev–Trinajstić information content (AvgIpc) is 3.63. The smallest absolute Gasteiger partial charge is 0.294 e. The van der Waals surface area contributed by atoms with Crippen molar-refractivity contribution in [2.45, 2.75) is 18.9 Å². The average molecular weight is 442 g/mol. The van der Waals surface area contributed by atoms with Gasteiger partial charge in [0.2, 0.25) is 5.82 Å². The molecule has 1 aliphatic rings. The van der Waals surface area contributed by atoms with E-state index in [1.165, 1.54) is 0 Å². The number of benzene rings is 1. The van der Waals surface area contributed by atoms with E-state index in [0.717, 1.165) is 34.9 Å². The molecule has 0 spiro atoms. The van der Waals surface area contributed by atoms with Gasteiger partial charge in [-0.25, -0.2) is 9.67 Å². The maximum absolute atomic E-state index is 13.6. The number of aromatic nitrogens is 6. The van der Waals surface area contributed by atoms with Gasteiger partial charge in [0.1, 0.15) is 0 Å². The quantitative estimate of drug-likeness (QED) is 0.421. The van der Waals surface area contributed by atoms with Crippen LogP contribution in [0.5, 0.6) is 0 Å². The van der Waals surface area contributed by atoms with Crippen LogP contribution in [-0.4, -0.2) is 46.7 Å². The molecule has 0 bridgehead atoms. The van der Waals surface area contributed by atoms with Gasteiger partial charge in [-0.05, 0) is 48.6 Å². The molecule has 8 nitrogen and oxygen atoms in total. The standard InChI is InChI=1S/C23H19N7OS/c31-23(28-14-6-10-17(28)21-26-25-19-12-4-5-13-29(19)21)20-24-22(18-11-7-15-32-18)30(27-20)16-8-2-1-3-9-16/h1-5,7-9,11-13,15,17H,6,10,14H2/t17-/m1/s1. The first-order chi connectivity index (χ1) is 15.8. The largest absolute Gasteiger partial charge is 0.326 e. The molecule has 5 aromatic rings. The van der Waals surface area contributed by atoms with Gasteiger partial charge in [0.05, 0.1) is 16.6 Å². The van der Waals surface area contributed by atoms with Gasteiger partial charge in [0.25, 0.3) is 5.91 Å². The second kappa shape index (κ2) is 7.69. The lowest BCUT2D eigenvalue weighted by atomic mass is 10.2. The molecule has 0 N–H and O–H groups in total. The number of thiophene rings is 1. The zero-order chi connectivity index (χ0) is 21.5. The van der Waals surface area contributed by atoms with Gasteiger partial charge in [0, 0.05) is 12.7 Å². The molecular weight excluding hydrogens is 422 g/mol. The zero-order valence-electron chi connectivity index (χ0n) is 17.1. The van der Waals surface area contributed by atoms with Crippen LogP contribution in [0.2, 0.25) is 0 Å². The highest BCUT2D eigenvalue weighted by molar-refractivity contribution is 7.13. The summed E-state index contributed by atoms with van der Waals surface area (Å²) in [6.45, 7) is 0.638. The Morgan fingerprint density at radius 2 is 1.88 bits per heavy atom. The highest BCUT2D eigenvalue weighted by Gasteiger charge is 2.36. The summed E-state index contributed by atoms with van der Waals surface area (Å²) in [5.41, 5.74) is 1.64. The van der Waals surface area contributed by atoms with Crippen LogP contribution in [0.3, 0.4) is 0 Å². The lowest BCUT2D eigenvalue weighted by Crippen LogP contribution is -2.32. The predicted molar refractivity (Wildman–Crippen MR) is 121 cm³/mol. The third-order valence-corrected chi connectivity index (χ3v) is 6.56. The van der Waals surface area contributed by atoms with Gasteiger partial charge in [-0.3, -0.25) is 9.20 Å². The molecule has 0 radical (unpaired) electrons. The van der Waals surface area contributed by atoms with Crippen molar-refractivity contribution in [1.82, 2.24) is 34.3 Å². The van der Waals surface area contributed by atoms with E-state index in [-0.39, 0.29) is 17.8 Å². The van der Waals surface area contributed by atoms with E-state index in [1.807, 2.05) is 81.5 Å². The molecular formula is C23H19N7OS. The third-order valence-electron chi connectivity index (χ3n) is 5.69. The van der Waals surface area contributed by atoms with Gasteiger partial charge < -0.3 is 4.90 Å². The summed E-state index contributed by atoms with van der Waals surface area (Å²) in [6.07, 6.45) is 3.66. The van der Waals surface area contributed by atoms with E-state index >= 15 is 0 Å². The highest BCUT2D eigenvalue weighted by atomic mass is 32.1. The minimum absolute atomic E-state index is 0.159. The topological polar surface area (TPSA) is 81.2 Å². The number of likely N-dealkylation sites (tertiary alicyclic amines) is 1. The molecule has 9 heteroatoms. The number of para-hydroxylation sites is 1. The maximum Gasteiger partial charge on any atom is 0.294 e. The Bertz CT molecular complexity index is 1390. The Labute approximate surface area is 187 Å². The Morgan fingerprint density at radius 1 is 1.00 bits per heavy atom. The lowest BCUT2D eigenvalue weighted by molar-refractivity contribution is 0.0717. The molecule has 1 amide bonds. The maximum atomic E-state index is 13.6. The first-order valence-corrected chi connectivity index (χ1v) is 11.3. The summed E-state index contributed by atoms with van der Waals surface area (Å²) in [7, 11) is 0. The van der Waals surface area contributed by atoms with Crippen LogP contribution in [0.4, 0.5) is 0 Å². The number of carbonyl (C=O) groups is 1. The van der Waals surface area contributed by atoms with Crippen molar-refractivity contribution in [3.8, 4) is 16.4 Å². The fraction of sp³-hybridized carbons (Fsp3) is 0.174. The molecule has 0 aliphatic carbocycles. The van der Waals surface area contributed by atoms with Crippen molar-refractivity contribution < 1.29 is 4.79 Å². The minimum Gasteiger partial charge on any atom is -0.326 e. The van der Waals surface area contributed by atoms with Crippen molar-refractivity contribution in [1.29, 1.82) is 0 Å². The van der Waals surface area contributed by atoms with Crippen LogP contribution in [0.1, 0.15) is 35.3 Å². The Kier molecular flexibility index (Phi) is 4.53. The van der Waals surface area contributed by atoms with E-state index in [2.05, 4.69) is 20.3 Å². The SMILES string of the molecule is O=C(c1nc(-c2cccs2)n(-c2ccccc2)n1)N1CCC[C@@H]1c1nnc2ccccn12. The van der Waals surface area contributed by atoms with Crippen LogP contribution in [-0.2, 0) is 0 Å². The van der Waals surface area contributed by atoms with E-state index in [1.54, 1.807) is 16.0 Å². The molecule has 1 aromatic carbocycles. The number of hydrogen-bond acceptors (Lipinski definition) is 6. The first kappa shape index (κ1) is 18.9. The fourth-order valence-corrected chi connectivity index (χ4v) is 4.91. The van der Waals surface area contributed by atoms with Crippen molar-refractivity contribution in [2.75, 3.05) is 6.54 Å². The summed E-state index contributed by atoms with van der Waals surface area (Å²) < 4.78 is 3.69. The van der Waals surface area contributed by atoms with E-state index < -0.39 is 0 Å². The second-order valence-corrected chi connectivity index (χ2v) is 8.57. The molecule has 5 heterocycles. The number of fused-ring (bicyclic) bond motifs is 1. The van der Waals surface area contributed by atoms with Crippen LogP contribution in [0, 0.1) is 0 Å². The highest BCUT2D eigenvalue weighted by Crippen LogP contribution is 2.33. The van der Waals surface area contributed by atoms with E-state index in [4.69, 9.17) is 0 Å². The van der Waals surface area contributed by atoms with E-state index in [0.29, 0.717) is 12.4 Å². The first-order valence-electron chi connectivity index (χ1n) is 10.5. The van der Waals surface area contributed by atoms with Crippen molar-refractivity contribution in [3.63, 3.8) is 0 Å². The van der Waals surface area contributed by atoms with Crippen molar-refractivity contribution >= 4 is 22.9 Å². The normalized spacial score (nSPS) is 16.1. The molecule has 1 atom stereocenters. The number of pyridine rings is 1. The van der Waals surface area contributed by atoms with Gasteiger partial charge >= 0.3 is 0 Å². The lowest BCUT2D eigenvalue weighted by Gasteiger charge is -2.22. The van der Waals surface area contributed by atoms with Crippen molar-refractivity contribution in [2.24, 2.45) is 0 Å². The Hall–Kier alpha value is -3.85. The monoisotopic (exact) mass is 441 g/mol. The van der Waals surface area contributed by atoms with Crippen LogP contribution >= 0.6 is 11.3 Å². The van der Waals surface area contributed by atoms with Gasteiger partial charge in [0.15, 0.2) is 17.3 Å². The summed E-state index contributed by atoms with van der Waals surface area (Å²) >= 11 is 1.57. The molecule has 0 unspecified atom stereocenters. The Balaban J connectivity index is 1.40. The van der Waals surface area contributed by atoms with Crippen LogP contribution in [0.25, 0.3) is 22.0 Å². The van der Waals surface area contributed by atoms with Crippen molar-refractivity contribution in [3.05, 3.63) is 83.9 Å². The molecule has 158 valence electrons. The number of nitrogens with zero attached hydrogens (tertiary/aromatic N) is 7. The number of carbonyl (C=O) groups excluding carboxylic acids is 1. The minimum atomic E-state index is -0.187. The fourth-order valence-electron chi connectivity index (χ4n) is 4.21. The zero-order valence-corrected chi connectivity index (χ0v) is 17.9. The molecule has 32 heavy (non-hydrogen) atoms. The second-order valence-electron chi connectivity index (χ2n) is 7.63. The molecule has 4 aromatic heterocycles. The molecule has 6 rings (SSSR count). The summed E-state index contributed by atoms with van der Waals surface area (Å²) in [6, 6.07) is 19.4. The third kappa shape index (κ3) is 3.09. The summed E-state index contributed by atoms with van der Waals surface area (Å²) in [5.74, 6) is 1.44. The predicted octanol–water partition coefficient (Wildman–Crippen LogP) is 4.02. The Morgan fingerprint density at radius 3 is 2.72 bits per heavy atom. The molecule has 1 saturated heterocycles. The van der Waals surface area contributed by atoms with Gasteiger partial charge in [-0.1, -0.05) is 30.3 Å². The van der Waals surface area contributed by atoms with Gasteiger partial charge in [-0.2, -0.15) is 0 Å². The molecule has 0 saturated carbocycles. The number of amides is 1. The number of rotatable bonds is 4. The van der Waals surface area contributed by atoms with Gasteiger partial charge in [-0.15, -0.1) is 26.6 Å². The van der Waals surface area contributed by atoms with Crippen LogP contribution < -0.4 is 0 Å². The number of hydrogen-bond donors (Lipinski definition) is 0. The van der Waals surface area contributed by atoms with Crippen LogP contribution in [0.15, 0.2) is 72.2 Å². The molecule has 1 aliphatic heterocycles. The molecule has 1 fully saturated rings. The van der Waals surface area contributed by atoms with E-state index in [9.17, 15) is 4.79 Å².